The lowest BCUT2D eigenvalue weighted by Gasteiger charge is -2.38. The van der Waals surface area contributed by atoms with Gasteiger partial charge >= 0.3 is 12.1 Å². The van der Waals surface area contributed by atoms with Crippen molar-refractivity contribution in [3.63, 3.8) is 0 Å². The standard InChI is InChI=1S/C21H32N2O4/c1-6-27-19(24)17-10-11-23(20(25)26)13-18(17)22-14(2)15-8-7-9-16(12-15)21(3,4)5/h7-9,12,14,17-18,22H,6,10-11,13H2,1-5H3,(H,25,26). The van der Waals surface area contributed by atoms with Crippen molar-refractivity contribution in [1.29, 1.82) is 0 Å². The molecule has 2 rings (SSSR count). The average Bonchev–Trinajstić information content (AvgIpc) is 2.61. The van der Waals surface area contributed by atoms with Crippen molar-refractivity contribution in [2.45, 2.75) is 58.5 Å². The number of hydrogen-bond acceptors (Lipinski definition) is 4. The molecule has 2 N–H and O–H groups in total. The van der Waals surface area contributed by atoms with Gasteiger partial charge < -0.3 is 20.1 Å². The normalized spacial score (nSPS) is 21.6. The number of carbonyl (C=O) groups excluding carboxylic acids is 1. The lowest BCUT2D eigenvalue weighted by Crippen LogP contribution is -2.55. The van der Waals surface area contributed by atoms with Crippen LogP contribution in [0, 0.1) is 5.92 Å². The number of carbonyl (C=O) groups is 2. The van der Waals surface area contributed by atoms with Crippen molar-refractivity contribution in [1.82, 2.24) is 10.2 Å². The zero-order valence-corrected chi connectivity index (χ0v) is 17.0. The van der Waals surface area contributed by atoms with Gasteiger partial charge in [-0.2, -0.15) is 0 Å². The lowest BCUT2D eigenvalue weighted by atomic mass is 9.85. The summed E-state index contributed by atoms with van der Waals surface area (Å²) in [5.41, 5.74) is 2.41. The van der Waals surface area contributed by atoms with Crippen LogP contribution >= 0.6 is 0 Å². The zero-order chi connectivity index (χ0) is 20.2. The monoisotopic (exact) mass is 376 g/mol. The number of piperidine rings is 1. The van der Waals surface area contributed by atoms with Gasteiger partial charge in [0.15, 0.2) is 0 Å². The highest BCUT2D eigenvalue weighted by atomic mass is 16.5. The Hall–Kier alpha value is -2.08. The molecular formula is C21H32N2O4. The second kappa shape index (κ2) is 8.74. The minimum Gasteiger partial charge on any atom is -0.466 e. The Morgan fingerprint density at radius 3 is 2.67 bits per heavy atom. The van der Waals surface area contributed by atoms with Gasteiger partial charge in [-0.3, -0.25) is 4.79 Å². The van der Waals surface area contributed by atoms with Gasteiger partial charge in [-0.25, -0.2) is 4.79 Å². The van der Waals surface area contributed by atoms with Crippen LogP contribution in [0.1, 0.15) is 58.2 Å². The molecule has 1 amide bonds. The highest BCUT2D eigenvalue weighted by molar-refractivity contribution is 5.74. The molecule has 1 aliphatic rings. The molecule has 0 aromatic heterocycles. The van der Waals surface area contributed by atoms with E-state index in [1.807, 2.05) is 13.0 Å². The van der Waals surface area contributed by atoms with Crippen molar-refractivity contribution >= 4 is 12.1 Å². The molecule has 0 saturated carbocycles. The van der Waals surface area contributed by atoms with E-state index in [9.17, 15) is 14.7 Å². The Bertz CT molecular complexity index is 668. The summed E-state index contributed by atoms with van der Waals surface area (Å²) in [7, 11) is 0. The van der Waals surface area contributed by atoms with Crippen LogP contribution in [0.3, 0.4) is 0 Å². The molecule has 1 fully saturated rings. The Morgan fingerprint density at radius 2 is 2.07 bits per heavy atom. The summed E-state index contributed by atoms with van der Waals surface area (Å²) in [6, 6.07) is 8.11. The van der Waals surface area contributed by atoms with E-state index in [1.165, 1.54) is 10.5 Å². The van der Waals surface area contributed by atoms with Gasteiger partial charge in [0.1, 0.15) is 0 Å². The predicted molar refractivity (Wildman–Crippen MR) is 105 cm³/mol. The molecule has 0 bridgehead atoms. The van der Waals surface area contributed by atoms with E-state index < -0.39 is 6.09 Å². The van der Waals surface area contributed by atoms with E-state index in [-0.39, 0.29) is 35.9 Å². The Balaban J connectivity index is 2.18. The minimum atomic E-state index is -0.952. The van der Waals surface area contributed by atoms with Crippen molar-refractivity contribution in [3.8, 4) is 0 Å². The van der Waals surface area contributed by atoms with Gasteiger partial charge in [0.25, 0.3) is 0 Å². The van der Waals surface area contributed by atoms with Crippen LogP contribution in [-0.2, 0) is 14.9 Å². The highest BCUT2D eigenvalue weighted by Crippen LogP contribution is 2.27. The fourth-order valence-corrected chi connectivity index (χ4v) is 3.52. The summed E-state index contributed by atoms with van der Waals surface area (Å²) < 4.78 is 5.21. The summed E-state index contributed by atoms with van der Waals surface area (Å²) in [5.74, 6) is -0.593. The summed E-state index contributed by atoms with van der Waals surface area (Å²) in [6.07, 6.45) is -0.483. The number of nitrogens with zero attached hydrogens (tertiary/aromatic N) is 1. The van der Waals surface area contributed by atoms with Gasteiger partial charge in [0.2, 0.25) is 0 Å². The molecule has 3 atom stereocenters. The van der Waals surface area contributed by atoms with E-state index in [0.29, 0.717) is 19.6 Å². The van der Waals surface area contributed by atoms with Gasteiger partial charge in [0, 0.05) is 25.2 Å². The van der Waals surface area contributed by atoms with Crippen LogP contribution in [0.25, 0.3) is 0 Å². The molecule has 150 valence electrons. The first-order valence-electron chi connectivity index (χ1n) is 9.64. The topological polar surface area (TPSA) is 78.9 Å². The number of benzene rings is 1. The third-order valence-corrected chi connectivity index (χ3v) is 5.19. The second-order valence-corrected chi connectivity index (χ2v) is 8.25. The quantitative estimate of drug-likeness (QED) is 0.768. The first-order chi connectivity index (χ1) is 12.6. The molecule has 6 heteroatoms. The maximum absolute atomic E-state index is 12.4. The summed E-state index contributed by atoms with van der Waals surface area (Å²) in [6.45, 7) is 11.3. The van der Waals surface area contributed by atoms with Gasteiger partial charge in [0.05, 0.1) is 12.5 Å². The van der Waals surface area contributed by atoms with Gasteiger partial charge in [-0.05, 0) is 36.8 Å². The molecule has 3 unspecified atom stereocenters. The van der Waals surface area contributed by atoms with Crippen LogP contribution in [0.2, 0.25) is 0 Å². The number of likely N-dealkylation sites (tertiary alicyclic amines) is 1. The molecule has 1 saturated heterocycles. The molecule has 1 heterocycles. The number of esters is 1. The van der Waals surface area contributed by atoms with E-state index in [1.54, 1.807) is 6.92 Å². The molecule has 0 spiro atoms. The number of hydrogen-bond donors (Lipinski definition) is 2. The number of nitrogens with one attached hydrogen (secondary N) is 1. The fraction of sp³-hybridized carbons (Fsp3) is 0.619. The molecule has 1 aromatic rings. The summed E-state index contributed by atoms with van der Waals surface area (Å²) in [5, 5.41) is 12.8. The maximum Gasteiger partial charge on any atom is 0.407 e. The van der Waals surface area contributed by atoms with Crippen molar-refractivity contribution in [2.24, 2.45) is 5.92 Å². The predicted octanol–water partition coefficient (Wildman–Crippen LogP) is 3.57. The van der Waals surface area contributed by atoms with Crippen molar-refractivity contribution < 1.29 is 19.4 Å². The first-order valence-corrected chi connectivity index (χ1v) is 9.64. The van der Waals surface area contributed by atoms with Crippen LogP contribution in [0.4, 0.5) is 4.79 Å². The second-order valence-electron chi connectivity index (χ2n) is 8.25. The van der Waals surface area contributed by atoms with E-state index >= 15 is 0 Å². The van der Waals surface area contributed by atoms with Crippen molar-refractivity contribution in [2.75, 3.05) is 19.7 Å². The Labute approximate surface area is 161 Å². The number of amides is 1. The molecule has 1 aliphatic heterocycles. The van der Waals surface area contributed by atoms with E-state index in [4.69, 9.17) is 4.74 Å². The third-order valence-electron chi connectivity index (χ3n) is 5.19. The number of ether oxygens (including phenoxy) is 1. The van der Waals surface area contributed by atoms with Crippen LogP contribution < -0.4 is 5.32 Å². The van der Waals surface area contributed by atoms with E-state index in [0.717, 1.165) is 5.56 Å². The van der Waals surface area contributed by atoms with Crippen LogP contribution in [-0.4, -0.2) is 47.8 Å². The summed E-state index contributed by atoms with van der Waals surface area (Å²) in [4.78, 5) is 25.1. The number of carboxylic acid groups (broad SMARTS) is 1. The minimum absolute atomic E-state index is 0.0111. The van der Waals surface area contributed by atoms with Crippen molar-refractivity contribution in [3.05, 3.63) is 35.4 Å². The molecule has 6 nitrogen and oxygen atoms in total. The smallest absolute Gasteiger partial charge is 0.407 e. The maximum atomic E-state index is 12.4. The Kier molecular flexibility index (Phi) is 6.87. The highest BCUT2D eigenvalue weighted by Gasteiger charge is 2.37. The SMILES string of the molecule is CCOC(=O)C1CCN(C(=O)O)CC1NC(C)c1cccc(C(C)(C)C)c1. The average molecular weight is 376 g/mol. The molecule has 0 aliphatic carbocycles. The molecular weight excluding hydrogens is 344 g/mol. The van der Waals surface area contributed by atoms with Crippen LogP contribution in [0.5, 0.6) is 0 Å². The first kappa shape index (κ1) is 21.2. The largest absolute Gasteiger partial charge is 0.466 e. The lowest BCUT2D eigenvalue weighted by molar-refractivity contribution is -0.150. The molecule has 1 aromatic carbocycles. The Morgan fingerprint density at radius 1 is 1.37 bits per heavy atom. The zero-order valence-electron chi connectivity index (χ0n) is 17.0. The third kappa shape index (κ3) is 5.45. The van der Waals surface area contributed by atoms with E-state index in [2.05, 4.69) is 44.3 Å². The fourth-order valence-electron chi connectivity index (χ4n) is 3.52. The summed E-state index contributed by atoms with van der Waals surface area (Å²) >= 11 is 0. The molecule has 27 heavy (non-hydrogen) atoms. The number of rotatable bonds is 5. The van der Waals surface area contributed by atoms with Gasteiger partial charge in [-0.1, -0.05) is 45.0 Å². The van der Waals surface area contributed by atoms with Crippen LogP contribution in [0.15, 0.2) is 24.3 Å². The van der Waals surface area contributed by atoms with Gasteiger partial charge in [-0.15, -0.1) is 0 Å². The molecule has 0 radical (unpaired) electrons.